The summed E-state index contributed by atoms with van der Waals surface area (Å²) >= 11 is 3.32. The van der Waals surface area contributed by atoms with Crippen LogP contribution in [0.5, 0.6) is 5.88 Å². The number of nitrogen functional groups attached to an aromatic ring is 1. The number of ether oxygens (including phenoxy) is 1. The average Bonchev–Trinajstić information content (AvgIpc) is 2.64. The minimum Gasteiger partial charge on any atom is -0.481 e. The van der Waals surface area contributed by atoms with E-state index < -0.39 is 0 Å². The number of methoxy groups -OCH3 is 1. The molecule has 0 aromatic carbocycles. The second-order valence-electron chi connectivity index (χ2n) is 3.25. The number of nitrogens with one attached hydrogen (secondary N) is 1. The second-order valence-corrected chi connectivity index (χ2v) is 4.10. The molecular weight excluding hydrogens is 288 g/mol. The zero-order valence-corrected chi connectivity index (χ0v) is 10.9. The summed E-state index contributed by atoms with van der Waals surface area (Å²) in [6, 6.07) is 1.75. The fourth-order valence-corrected chi connectivity index (χ4v) is 1.58. The first-order valence-electron chi connectivity index (χ1n) is 4.73. The van der Waals surface area contributed by atoms with Gasteiger partial charge in [-0.1, -0.05) is 0 Å². The highest BCUT2D eigenvalue weighted by molar-refractivity contribution is 9.10. The predicted molar refractivity (Wildman–Crippen MR) is 67.2 cm³/mol. The van der Waals surface area contributed by atoms with Crippen molar-refractivity contribution in [3.8, 4) is 5.88 Å². The fraction of sp³-hybridized carbons (Fsp3) is 0.222. The Morgan fingerprint density at radius 2 is 2.29 bits per heavy atom. The summed E-state index contributed by atoms with van der Waals surface area (Å²) in [7, 11) is 3.37. The van der Waals surface area contributed by atoms with Gasteiger partial charge in [-0.05, 0) is 15.9 Å². The van der Waals surface area contributed by atoms with Crippen LogP contribution in [0.3, 0.4) is 0 Å². The standard InChI is InChI=1S/C9H11BrN6O/c1-16-7(17-2)3-6(15-16)13-8-5(10)4-12-9(11)14-8/h3-4H,1-2H3,(H3,11,12,13,14,15). The summed E-state index contributed by atoms with van der Waals surface area (Å²) in [5.41, 5.74) is 5.51. The Morgan fingerprint density at radius 3 is 2.94 bits per heavy atom. The van der Waals surface area contributed by atoms with Crippen molar-refractivity contribution in [2.24, 2.45) is 7.05 Å². The SMILES string of the molecule is COc1cc(Nc2nc(N)ncc2Br)nn1C. The van der Waals surface area contributed by atoms with E-state index in [2.05, 4.69) is 36.3 Å². The molecule has 0 unspecified atom stereocenters. The molecule has 0 fully saturated rings. The van der Waals surface area contributed by atoms with Gasteiger partial charge in [-0.15, -0.1) is 0 Å². The van der Waals surface area contributed by atoms with Gasteiger partial charge < -0.3 is 15.8 Å². The summed E-state index contributed by atoms with van der Waals surface area (Å²) in [6.45, 7) is 0. The van der Waals surface area contributed by atoms with Gasteiger partial charge in [0.15, 0.2) is 11.6 Å². The Balaban J connectivity index is 2.27. The molecule has 0 saturated heterocycles. The average molecular weight is 299 g/mol. The third-order valence-electron chi connectivity index (χ3n) is 2.06. The maximum absolute atomic E-state index is 5.51. The molecule has 0 aliphatic carbocycles. The molecule has 2 heterocycles. The normalized spacial score (nSPS) is 10.3. The molecule has 2 aromatic heterocycles. The van der Waals surface area contributed by atoms with Crippen LogP contribution in [0.15, 0.2) is 16.7 Å². The third kappa shape index (κ3) is 2.47. The number of aryl methyl sites for hydroxylation is 1. The van der Waals surface area contributed by atoms with E-state index in [9.17, 15) is 0 Å². The molecule has 0 aliphatic rings. The number of rotatable bonds is 3. The van der Waals surface area contributed by atoms with Crippen molar-refractivity contribution in [1.82, 2.24) is 19.7 Å². The molecule has 17 heavy (non-hydrogen) atoms. The van der Waals surface area contributed by atoms with Crippen LogP contribution in [0.25, 0.3) is 0 Å². The van der Waals surface area contributed by atoms with Gasteiger partial charge in [-0.3, -0.25) is 0 Å². The van der Waals surface area contributed by atoms with Crippen molar-refractivity contribution in [2.75, 3.05) is 18.2 Å². The lowest BCUT2D eigenvalue weighted by atomic mass is 10.5. The quantitative estimate of drug-likeness (QED) is 0.888. The maximum Gasteiger partial charge on any atom is 0.222 e. The first kappa shape index (κ1) is 11.6. The van der Waals surface area contributed by atoms with Crippen molar-refractivity contribution >= 4 is 33.5 Å². The van der Waals surface area contributed by atoms with E-state index in [1.165, 1.54) is 0 Å². The lowest BCUT2D eigenvalue weighted by Gasteiger charge is -2.04. The Hall–Kier alpha value is -1.83. The first-order chi connectivity index (χ1) is 8.10. The number of aromatic nitrogens is 4. The Kier molecular flexibility index (Phi) is 3.14. The zero-order chi connectivity index (χ0) is 12.4. The van der Waals surface area contributed by atoms with E-state index in [0.29, 0.717) is 22.0 Å². The van der Waals surface area contributed by atoms with Crippen LogP contribution >= 0.6 is 15.9 Å². The van der Waals surface area contributed by atoms with Crippen molar-refractivity contribution in [3.63, 3.8) is 0 Å². The minimum atomic E-state index is 0.193. The van der Waals surface area contributed by atoms with E-state index in [-0.39, 0.29) is 5.95 Å². The molecule has 2 aromatic rings. The maximum atomic E-state index is 5.51. The Labute approximate surface area is 106 Å². The molecule has 8 heteroatoms. The van der Waals surface area contributed by atoms with Crippen LogP contribution in [0.4, 0.5) is 17.6 Å². The number of nitrogens with two attached hydrogens (primary N) is 1. The van der Waals surface area contributed by atoms with Crippen LogP contribution in [0, 0.1) is 0 Å². The van der Waals surface area contributed by atoms with Gasteiger partial charge in [0.1, 0.15) is 0 Å². The molecule has 0 amide bonds. The monoisotopic (exact) mass is 298 g/mol. The highest BCUT2D eigenvalue weighted by atomic mass is 79.9. The summed E-state index contributed by atoms with van der Waals surface area (Å²) in [6.07, 6.45) is 1.57. The smallest absolute Gasteiger partial charge is 0.222 e. The molecule has 0 saturated carbocycles. The molecule has 7 nitrogen and oxygen atoms in total. The summed E-state index contributed by atoms with van der Waals surface area (Å²) in [5, 5.41) is 7.22. The number of hydrogen-bond acceptors (Lipinski definition) is 6. The van der Waals surface area contributed by atoms with Gasteiger partial charge in [0.2, 0.25) is 11.8 Å². The van der Waals surface area contributed by atoms with Crippen LogP contribution in [-0.4, -0.2) is 26.9 Å². The highest BCUT2D eigenvalue weighted by Gasteiger charge is 2.08. The van der Waals surface area contributed by atoms with Gasteiger partial charge in [-0.25, -0.2) is 9.67 Å². The molecular formula is C9H11BrN6O. The number of halogens is 1. The number of anilines is 3. The van der Waals surface area contributed by atoms with Crippen LogP contribution in [-0.2, 0) is 7.05 Å². The molecule has 3 N–H and O–H groups in total. The van der Waals surface area contributed by atoms with Gasteiger partial charge in [0.25, 0.3) is 0 Å². The van der Waals surface area contributed by atoms with Crippen molar-refractivity contribution in [2.45, 2.75) is 0 Å². The van der Waals surface area contributed by atoms with E-state index >= 15 is 0 Å². The van der Waals surface area contributed by atoms with E-state index in [4.69, 9.17) is 10.5 Å². The first-order valence-corrected chi connectivity index (χ1v) is 5.52. The lowest BCUT2D eigenvalue weighted by molar-refractivity contribution is 0.373. The minimum absolute atomic E-state index is 0.193. The van der Waals surface area contributed by atoms with Crippen LogP contribution in [0.2, 0.25) is 0 Å². The van der Waals surface area contributed by atoms with Gasteiger partial charge >= 0.3 is 0 Å². The Morgan fingerprint density at radius 1 is 1.53 bits per heavy atom. The summed E-state index contributed by atoms with van der Waals surface area (Å²) in [5.74, 6) is 2.01. The van der Waals surface area contributed by atoms with Crippen molar-refractivity contribution in [3.05, 3.63) is 16.7 Å². The lowest BCUT2D eigenvalue weighted by Crippen LogP contribution is -2.01. The van der Waals surface area contributed by atoms with E-state index in [1.54, 1.807) is 31.1 Å². The summed E-state index contributed by atoms with van der Waals surface area (Å²) < 4.78 is 7.43. The zero-order valence-electron chi connectivity index (χ0n) is 9.31. The molecule has 0 bridgehead atoms. The third-order valence-corrected chi connectivity index (χ3v) is 2.64. The number of hydrogen-bond donors (Lipinski definition) is 2. The molecule has 0 radical (unpaired) electrons. The molecule has 0 spiro atoms. The van der Waals surface area contributed by atoms with E-state index in [1.807, 2.05) is 0 Å². The predicted octanol–water partition coefficient (Wildman–Crippen LogP) is 1.31. The fourth-order valence-electron chi connectivity index (χ4n) is 1.29. The van der Waals surface area contributed by atoms with Crippen molar-refractivity contribution < 1.29 is 4.74 Å². The van der Waals surface area contributed by atoms with Crippen LogP contribution in [0.1, 0.15) is 0 Å². The van der Waals surface area contributed by atoms with Gasteiger partial charge in [0.05, 0.1) is 11.6 Å². The van der Waals surface area contributed by atoms with E-state index in [0.717, 1.165) is 0 Å². The molecule has 0 atom stereocenters. The molecule has 2 rings (SSSR count). The number of nitrogens with zero attached hydrogens (tertiary/aromatic N) is 4. The highest BCUT2D eigenvalue weighted by Crippen LogP contribution is 2.24. The van der Waals surface area contributed by atoms with Crippen LogP contribution < -0.4 is 15.8 Å². The topological polar surface area (TPSA) is 90.9 Å². The van der Waals surface area contributed by atoms with Gasteiger partial charge in [-0.2, -0.15) is 10.1 Å². The summed E-state index contributed by atoms with van der Waals surface area (Å²) in [4.78, 5) is 7.90. The molecule has 0 aliphatic heterocycles. The van der Waals surface area contributed by atoms with Gasteiger partial charge in [0, 0.05) is 19.3 Å². The largest absolute Gasteiger partial charge is 0.481 e. The molecule has 90 valence electrons. The Bertz CT molecular complexity index is 540. The van der Waals surface area contributed by atoms with Crippen molar-refractivity contribution in [1.29, 1.82) is 0 Å². The second kappa shape index (κ2) is 4.58.